The van der Waals surface area contributed by atoms with Gasteiger partial charge in [-0.1, -0.05) is 53.4 Å². The first-order chi connectivity index (χ1) is 11.7. The van der Waals surface area contributed by atoms with E-state index in [1.165, 1.54) is 0 Å². The van der Waals surface area contributed by atoms with Crippen molar-refractivity contribution in [1.82, 2.24) is 9.99 Å². The van der Waals surface area contributed by atoms with Crippen molar-refractivity contribution >= 4 is 40.3 Å². The molecule has 0 saturated carbocycles. The number of rotatable bonds is 5. The number of hydrogen-bond acceptors (Lipinski definition) is 2. The fourth-order valence-electron chi connectivity index (χ4n) is 2.55. The number of terminal acetylenes is 1. The molecular formula is C19H15Cl2N3. The van der Waals surface area contributed by atoms with Crippen LogP contribution in [0.3, 0.4) is 0 Å². The van der Waals surface area contributed by atoms with E-state index in [0.717, 1.165) is 22.0 Å². The van der Waals surface area contributed by atoms with E-state index in [0.29, 0.717) is 23.1 Å². The third kappa shape index (κ3) is 3.41. The lowest BCUT2D eigenvalue weighted by atomic mass is 10.2. The summed E-state index contributed by atoms with van der Waals surface area (Å²) in [5, 5.41) is 6.63. The molecule has 3 aromatic rings. The molecule has 0 aliphatic carbocycles. The fraction of sp³-hybridized carbons (Fsp3) is 0.105. The minimum atomic E-state index is 0.456. The Morgan fingerprint density at radius 3 is 2.62 bits per heavy atom. The van der Waals surface area contributed by atoms with E-state index >= 15 is 0 Å². The Bertz CT molecular complexity index is 915. The van der Waals surface area contributed by atoms with Crippen LogP contribution in [0.25, 0.3) is 10.9 Å². The molecule has 24 heavy (non-hydrogen) atoms. The lowest BCUT2D eigenvalue weighted by Crippen LogP contribution is -2.06. The summed E-state index contributed by atoms with van der Waals surface area (Å²) in [7, 11) is 0. The number of hydrogen-bond donors (Lipinski definition) is 1. The van der Waals surface area contributed by atoms with Gasteiger partial charge in [-0.05, 0) is 18.2 Å². The van der Waals surface area contributed by atoms with Gasteiger partial charge in [-0.15, -0.1) is 6.42 Å². The quantitative estimate of drug-likeness (QED) is 0.401. The number of nitrogens with one attached hydrogen (secondary N) is 1. The fourth-order valence-corrected chi connectivity index (χ4v) is 3.08. The van der Waals surface area contributed by atoms with E-state index in [9.17, 15) is 0 Å². The van der Waals surface area contributed by atoms with Gasteiger partial charge in [0.15, 0.2) is 0 Å². The van der Waals surface area contributed by atoms with Crippen LogP contribution in [-0.2, 0) is 13.1 Å². The first-order valence-electron chi connectivity index (χ1n) is 7.41. The molecule has 0 spiro atoms. The zero-order chi connectivity index (χ0) is 16.9. The summed E-state index contributed by atoms with van der Waals surface area (Å²) < 4.78 is 2.03. The van der Waals surface area contributed by atoms with Crippen LogP contribution in [0.1, 0.15) is 11.1 Å². The molecule has 0 atom stereocenters. The van der Waals surface area contributed by atoms with Gasteiger partial charge in [0.05, 0.1) is 19.3 Å². The smallest absolute Gasteiger partial charge is 0.0835 e. The Hall–Kier alpha value is -2.41. The van der Waals surface area contributed by atoms with Crippen molar-refractivity contribution in [2.45, 2.75) is 13.1 Å². The van der Waals surface area contributed by atoms with Crippen LogP contribution in [0.4, 0.5) is 0 Å². The average molecular weight is 356 g/mol. The highest BCUT2D eigenvalue weighted by atomic mass is 35.5. The second-order valence-electron chi connectivity index (χ2n) is 5.23. The predicted molar refractivity (Wildman–Crippen MR) is 102 cm³/mol. The highest BCUT2D eigenvalue weighted by Gasteiger charge is 2.06. The van der Waals surface area contributed by atoms with E-state index in [4.69, 9.17) is 29.6 Å². The van der Waals surface area contributed by atoms with Crippen molar-refractivity contribution < 1.29 is 0 Å². The van der Waals surface area contributed by atoms with E-state index in [1.807, 2.05) is 47.2 Å². The molecule has 1 aromatic heterocycles. The molecule has 0 amide bonds. The molecule has 0 saturated heterocycles. The zero-order valence-corrected chi connectivity index (χ0v) is 14.3. The Kier molecular flexibility index (Phi) is 5.10. The molecular weight excluding hydrogens is 341 g/mol. The van der Waals surface area contributed by atoms with Crippen LogP contribution < -0.4 is 5.43 Å². The lowest BCUT2D eigenvalue weighted by molar-refractivity contribution is 0.748. The maximum absolute atomic E-state index is 6.14. The summed E-state index contributed by atoms with van der Waals surface area (Å²) in [5.74, 6) is 2.66. The van der Waals surface area contributed by atoms with E-state index in [-0.39, 0.29) is 0 Å². The molecule has 1 heterocycles. The van der Waals surface area contributed by atoms with Gasteiger partial charge in [0, 0.05) is 38.3 Å². The van der Waals surface area contributed by atoms with E-state index in [1.54, 1.807) is 6.21 Å². The topological polar surface area (TPSA) is 29.3 Å². The van der Waals surface area contributed by atoms with Crippen molar-refractivity contribution in [3.63, 3.8) is 0 Å². The number of para-hydroxylation sites is 1. The largest absolute Gasteiger partial charge is 0.335 e. The minimum absolute atomic E-state index is 0.456. The normalized spacial score (nSPS) is 11.0. The van der Waals surface area contributed by atoms with Crippen molar-refractivity contribution in [2.24, 2.45) is 5.10 Å². The molecule has 0 radical (unpaired) electrons. The Morgan fingerprint density at radius 2 is 1.88 bits per heavy atom. The summed E-state index contributed by atoms with van der Waals surface area (Å²) in [4.78, 5) is 0. The molecule has 0 aliphatic rings. The Balaban J connectivity index is 1.78. The van der Waals surface area contributed by atoms with Crippen LogP contribution in [0.15, 0.2) is 53.8 Å². The lowest BCUT2D eigenvalue weighted by Gasteiger charge is -2.05. The Morgan fingerprint density at radius 1 is 1.12 bits per heavy atom. The molecule has 2 aromatic carbocycles. The second-order valence-corrected chi connectivity index (χ2v) is 6.04. The molecule has 3 nitrogen and oxygen atoms in total. The van der Waals surface area contributed by atoms with Gasteiger partial charge in [0.25, 0.3) is 0 Å². The molecule has 0 bridgehead atoms. The zero-order valence-electron chi connectivity index (χ0n) is 12.8. The number of halogens is 2. The van der Waals surface area contributed by atoms with Crippen molar-refractivity contribution in [3.8, 4) is 12.3 Å². The van der Waals surface area contributed by atoms with Crippen LogP contribution >= 0.6 is 23.2 Å². The molecule has 3 rings (SSSR count). The Labute approximate surface area is 150 Å². The van der Waals surface area contributed by atoms with Gasteiger partial charge < -0.3 is 9.99 Å². The summed E-state index contributed by atoms with van der Waals surface area (Å²) in [6.45, 7) is 0.981. The van der Waals surface area contributed by atoms with Crippen LogP contribution in [0, 0.1) is 12.3 Å². The van der Waals surface area contributed by atoms with E-state index < -0.39 is 0 Å². The predicted octanol–water partition coefficient (Wildman–Crippen LogP) is 4.71. The van der Waals surface area contributed by atoms with Gasteiger partial charge in [0.1, 0.15) is 0 Å². The van der Waals surface area contributed by atoms with Crippen LogP contribution in [0.5, 0.6) is 0 Å². The van der Waals surface area contributed by atoms with Gasteiger partial charge in [-0.3, -0.25) is 0 Å². The first-order valence-corrected chi connectivity index (χ1v) is 8.16. The summed E-state index contributed by atoms with van der Waals surface area (Å²) in [6.07, 6.45) is 9.21. The second kappa shape index (κ2) is 7.44. The maximum Gasteiger partial charge on any atom is 0.0835 e. The van der Waals surface area contributed by atoms with Gasteiger partial charge in [-0.25, -0.2) is 0 Å². The van der Waals surface area contributed by atoms with E-state index in [2.05, 4.69) is 22.5 Å². The molecule has 0 aliphatic heterocycles. The van der Waals surface area contributed by atoms with Gasteiger partial charge in [0.2, 0.25) is 0 Å². The number of benzene rings is 2. The van der Waals surface area contributed by atoms with Gasteiger partial charge in [-0.2, -0.15) is 5.10 Å². The van der Waals surface area contributed by atoms with Crippen LogP contribution in [-0.4, -0.2) is 10.8 Å². The molecule has 1 N–H and O–H groups in total. The average Bonchev–Trinajstić information content (AvgIpc) is 2.92. The summed E-state index contributed by atoms with van der Waals surface area (Å²) in [6, 6.07) is 13.5. The summed E-state index contributed by atoms with van der Waals surface area (Å²) in [5.41, 5.74) is 5.90. The standard InChI is InChI=1S/C19H15Cl2N3/c1-2-10-24-13-14(15-6-3-4-9-19(15)24)11-22-23-12-16-17(20)7-5-8-18(16)21/h1,3-9,11,13,23H,10,12H2/b22-11-. The number of fused-ring (bicyclic) bond motifs is 1. The molecule has 120 valence electrons. The highest BCUT2D eigenvalue weighted by molar-refractivity contribution is 6.35. The van der Waals surface area contributed by atoms with Crippen molar-refractivity contribution in [2.75, 3.05) is 0 Å². The highest BCUT2D eigenvalue weighted by Crippen LogP contribution is 2.24. The first kappa shape index (κ1) is 16.4. The molecule has 0 unspecified atom stereocenters. The van der Waals surface area contributed by atoms with Crippen molar-refractivity contribution in [3.05, 3.63) is 69.8 Å². The third-order valence-electron chi connectivity index (χ3n) is 3.69. The van der Waals surface area contributed by atoms with Gasteiger partial charge >= 0.3 is 0 Å². The number of hydrazone groups is 1. The van der Waals surface area contributed by atoms with Crippen LogP contribution in [0.2, 0.25) is 10.0 Å². The molecule has 0 fully saturated rings. The van der Waals surface area contributed by atoms with Crippen molar-refractivity contribution in [1.29, 1.82) is 0 Å². The SMILES string of the molecule is C#CCn1cc(/C=N\NCc2c(Cl)cccc2Cl)c2ccccc21. The maximum atomic E-state index is 6.14. The number of nitrogens with zero attached hydrogens (tertiary/aromatic N) is 2. The minimum Gasteiger partial charge on any atom is -0.335 e. The summed E-state index contributed by atoms with van der Waals surface area (Å²) >= 11 is 12.3. The monoisotopic (exact) mass is 355 g/mol. The third-order valence-corrected chi connectivity index (χ3v) is 4.40. The number of aromatic nitrogens is 1. The molecule has 5 heteroatoms.